The van der Waals surface area contributed by atoms with Gasteiger partial charge in [-0.3, -0.25) is 9.69 Å². The molecular formula is C23H23IN2O4S. The van der Waals surface area contributed by atoms with E-state index in [1.54, 1.807) is 31.2 Å². The number of carbonyl (C=O) groups excluding carboxylic acids is 1. The van der Waals surface area contributed by atoms with Crippen molar-refractivity contribution in [2.24, 2.45) is 0 Å². The Morgan fingerprint density at radius 2 is 1.90 bits per heavy atom. The summed E-state index contributed by atoms with van der Waals surface area (Å²) in [6, 6.07) is 11.1. The minimum Gasteiger partial charge on any atom is -0.494 e. The minimum atomic E-state index is -0.197. The van der Waals surface area contributed by atoms with Crippen LogP contribution in [0.1, 0.15) is 12.5 Å². The fraction of sp³-hybridized carbons (Fsp3) is 0.217. The summed E-state index contributed by atoms with van der Waals surface area (Å²) in [5, 5.41) is 0.410. The lowest BCUT2D eigenvalue weighted by Crippen LogP contribution is -2.31. The molecule has 1 saturated heterocycles. The molecule has 1 heterocycles. The molecule has 0 bridgehead atoms. The van der Waals surface area contributed by atoms with Gasteiger partial charge >= 0.3 is 0 Å². The van der Waals surface area contributed by atoms with Gasteiger partial charge in [-0.05, 0) is 89.8 Å². The first-order valence-electron chi connectivity index (χ1n) is 9.59. The van der Waals surface area contributed by atoms with Crippen LogP contribution in [0, 0.1) is 3.57 Å². The van der Waals surface area contributed by atoms with Gasteiger partial charge < -0.3 is 19.1 Å². The highest BCUT2D eigenvalue weighted by molar-refractivity contribution is 14.1. The fourth-order valence-corrected chi connectivity index (χ4v) is 4.17. The van der Waals surface area contributed by atoms with Crippen molar-refractivity contribution in [1.82, 2.24) is 4.90 Å². The lowest BCUT2D eigenvalue weighted by Gasteiger charge is -2.16. The molecule has 1 amide bonds. The molecular weight excluding hydrogens is 527 g/mol. The van der Waals surface area contributed by atoms with Crippen LogP contribution in [0.3, 0.4) is 0 Å². The number of thiocarbonyl (C=S) groups is 1. The van der Waals surface area contributed by atoms with Gasteiger partial charge in [0.25, 0.3) is 5.91 Å². The van der Waals surface area contributed by atoms with E-state index in [1.165, 1.54) is 4.90 Å². The summed E-state index contributed by atoms with van der Waals surface area (Å²) in [6.45, 7) is 6.55. The van der Waals surface area contributed by atoms with E-state index in [0.717, 1.165) is 14.9 Å². The van der Waals surface area contributed by atoms with E-state index in [9.17, 15) is 4.79 Å². The van der Waals surface area contributed by atoms with Crippen LogP contribution in [-0.2, 0) is 4.79 Å². The Kier molecular flexibility index (Phi) is 7.55. The topological polar surface area (TPSA) is 51.2 Å². The first kappa shape index (κ1) is 23.1. The Hall–Kier alpha value is -2.59. The molecule has 8 heteroatoms. The van der Waals surface area contributed by atoms with E-state index >= 15 is 0 Å². The molecule has 0 atom stereocenters. The maximum Gasteiger partial charge on any atom is 0.281 e. The number of ether oxygens (including phenoxy) is 3. The molecule has 0 aromatic heterocycles. The molecule has 6 nitrogen and oxygen atoms in total. The normalized spacial score (nSPS) is 14.9. The third-order valence-electron chi connectivity index (χ3n) is 4.57. The van der Waals surface area contributed by atoms with Crippen molar-refractivity contribution < 1.29 is 19.0 Å². The van der Waals surface area contributed by atoms with Crippen molar-refractivity contribution in [2.75, 3.05) is 32.3 Å². The second-order valence-electron chi connectivity index (χ2n) is 6.57. The van der Waals surface area contributed by atoms with Crippen LogP contribution in [0.25, 0.3) is 6.08 Å². The van der Waals surface area contributed by atoms with E-state index in [-0.39, 0.29) is 5.91 Å². The van der Waals surface area contributed by atoms with Crippen molar-refractivity contribution in [3.8, 4) is 17.2 Å². The highest BCUT2D eigenvalue weighted by Crippen LogP contribution is 2.36. The number of benzene rings is 2. The zero-order valence-corrected chi connectivity index (χ0v) is 20.5. The molecule has 2 aromatic rings. The summed E-state index contributed by atoms with van der Waals surface area (Å²) in [4.78, 5) is 16.4. The van der Waals surface area contributed by atoms with Gasteiger partial charge in [0.15, 0.2) is 16.6 Å². The Morgan fingerprint density at radius 3 is 2.52 bits per heavy atom. The Labute approximate surface area is 201 Å². The van der Waals surface area contributed by atoms with E-state index < -0.39 is 0 Å². The van der Waals surface area contributed by atoms with E-state index in [0.29, 0.717) is 41.2 Å². The lowest BCUT2D eigenvalue weighted by molar-refractivity contribution is -0.114. The van der Waals surface area contributed by atoms with Gasteiger partial charge in [-0.15, -0.1) is 0 Å². The summed E-state index contributed by atoms with van der Waals surface area (Å²) >= 11 is 7.73. The number of methoxy groups -OCH3 is 1. The number of anilines is 1. The zero-order valence-electron chi connectivity index (χ0n) is 17.6. The SMILES string of the molecule is C=CCOc1c(I)cc(/C=C2/C(=O)N(c3ccc(OCC)cc3)C(=S)N2C)cc1OC. The van der Waals surface area contributed by atoms with E-state index in [2.05, 4.69) is 29.2 Å². The third-order valence-corrected chi connectivity index (χ3v) is 5.83. The molecule has 1 fully saturated rings. The van der Waals surface area contributed by atoms with Crippen LogP contribution >= 0.6 is 34.8 Å². The molecule has 3 rings (SSSR count). The number of hydrogen-bond donors (Lipinski definition) is 0. The average Bonchev–Trinajstić information content (AvgIpc) is 2.97. The quantitative estimate of drug-likeness (QED) is 0.203. The minimum absolute atomic E-state index is 0.197. The first-order chi connectivity index (χ1) is 14.9. The zero-order chi connectivity index (χ0) is 22.5. The smallest absolute Gasteiger partial charge is 0.281 e. The van der Waals surface area contributed by atoms with Crippen LogP contribution in [0.5, 0.6) is 17.2 Å². The second kappa shape index (κ2) is 10.1. The number of halogens is 1. The molecule has 0 unspecified atom stereocenters. The summed E-state index contributed by atoms with van der Waals surface area (Å²) in [5.74, 6) is 1.77. The molecule has 162 valence electrons. The largest absolute Gasteiger partial charge is 0.494 e. The second-order valence-corrected chi connectivity index (χ2v) is 8.10. The molecule has 2 aromatic carbocycles. The van der Waals surface area contributed by atoms with Crippen LogP contribution < -0.4 is 19.1 Å². The van der Waals surface area contributed by atoms with Crippen molar-refractivity contribution >= 4 is 57.6 Å². The number of hydrogen-bond acceptors (Lipinski definition) is 5. The Morgan fingerprint density at radius 1 is 1.19 bits per heavy atom. The van der Waals surface area contributed by atoms with Crippen molar-refractivity contribution in [3.63, 3.8) is 0 Å². The molecule has 31 heavy (non-hydrogen) atoms. The summed E-state index contributed by atoms with van der Waals surface area (Å²) < 4.78 is 17.5. The number of rotatable bonds is 8. The van der Waals surface area contributed by atoms with Gasteiger partial charge in [-0.25, -0.2) is 0 Å². The monoisotopic (exact) mass is 550 g/mol. The highest BCUT2D eigenvalue weighted by atomic mass is 127. The standard InChI is InChI=1S/C23H23IN2O4S/c1-5-11-30-21-18(24)12-15(14-20(21)28-4)13-19-22(27)26(23(31)25(19)3)16-7-9-17(10-8-16)29-6-2/h5,7-10,12-14H,1,6,11H2,2-4H3/b19-13-. The van der Waals surface area contributed by atoms with Gasteiger partial charge in [0, 0.05) is 7.05 Å². The molecule has 0 saturated carbocycles. The predicted octanol–water partition coefficient (Wildman–Crippen LogP) is 4.87. The molecule has 0 N–H and O–H groups in total. The van der Waals surface area contributed by atoms with E-state index in [4.69, 9.17) is 26.4 Å². The predicted molar refractivity (Wildman–Crippen MR) is 135 cm³/mol. The summed E-state index contributed by atoms with van der Waals surface area (Å²) in [5.41, 5.74) is 1.96. The number of amides is 1. The lowest BCUT2D eigenvalue weighted by atomic mass is 10.1. The molecule has 1 aliphatic heterocycles. The van der Waals surface area contributed by atoms with Gasteiger partial charge in [0.05, 0.1) is 23.0 Å². The van der Waals surface area contributed by atoms with Crippen LogP contribution in [0.15, 0.2) is 54.8 Å². The summed E-state index contributed by atoms with van der Waals surface area (Å²) in [6.07, 6.45) is 3.47. The van der Waals surface area contributed by atoms with Crippen LogP contribution in [0.2, 0.25) is 0 Å². The number of carbonyl (C=O) groups is 1. The van der Waals surface area contributed by atoms with Crippen molar-refractivity contribution in [1.29, 1.82) is 0 Å². The van der Waals surface area contributed by atoms with Gasteiger partial charge in [0.2, 0.25) is 0 Å². The fourth-order valence-electron chi connectivity index (χ4n) is 3.11. The molecule has 0 radical (unpaired) electrons. The van der Waals surface area contributed by atoms with Crippen molar-refractivity contribution in [3.05, 3.63) is 63.9 Å². The van der Waals surface area contributed by atoms with E-state index in [1.807, 2.05) is 43.3 Å². The van der Waals surface area contributed by atoms with Gasteiger partial charge in [-0.1, -0.05) is 12.7 Å². The molecule has 1 aliphatic rings. The first-order valence-corrected chi connectivity index (χ1v) is 11.1. The maximum absolute atomic E-state index is 13.2. The van der Waals surface area contributed by atoms with Crippen LogP contribution in [0.4, 0.5) is 5.69 Å². The van der Waals surface area contributed by atoms with Crippen LogP contribution in [-0.4, -0.2) is 43.3 Å². The highest BCUT2D eigenvalue weighted by Gasteiger charge is 2.36. The van der Waals surface area contributed by atoms with Crippen molar-refractivity contribution in [2.45, 2.75) is 6.92 Å². The number of nitrogens with zero attached hydrogens (tertiary/aromatic N) is 2. The van der Waals surface area contributed by atoms with Gasteiger partial charge in [-0.2, -0.15) is 0 Å². The molecule has 0 aliphatic carbocycles. The third kappa shape index (κ3) is 4.85. The summed E-state index contributed by atoms with van der Waals surface area (Å²) in [7, 11) is 3.36. The maximum atomic E-state index is 13.2. The number of likely N-dealkylation sites (N-methyl/N-ethyl adjacent to an activating group) is 1. The Bertz CT molecular complexity index is 1040. The van der Waals surface area contributed by atoms with Gasteiger partial charge in [0.1, 0.15) is 18.1 Å². The Balaban J connectivity index is 1.94. The average molecular weight is 550 g/mol. The molecule has 0 spiro atoms.